The Balaban J connectivity index is 1.75. The Morgan fingerprint density at radius 2 is 1.92 bits per heavy atom. The van der Waals surface area contributed by atoms with Crippen molar-refractivity contribution < 1.29 is 18.1 Å². The summed E-state index contributed by atoms with van der Waals surface area (Å²) >= 11 is 1.30. The average molecular weight is 373 g/mol. The fourth-order valence-corrected chi connectivity index (χ4v) is 4.00. The van der Waals surface area contributed by atoms with Crippen LogP contribution in [-0.2, 0) is 14.8 Å². The molecular weight excluding hydrogens is 354 g/mol. The molecule has 24 heavy (non-hydrogen) atoms. The van der Waals surface area contributed by atoms with Crippen LogP contribution in [0.2, 0.25) is 0 Å². The molecule has 0 saturated carbocycles. The molecule has 2 rings (SSSR count). The van der Waals surface area contributed by atoms with E-state index >= 15 is 0 Å². The summed E-state index contributed by atoms with van der Waals surface area (Å²) in [6.45, 7) is 0.832. The quantitative estimate of drug-likeness (QED) is 0.456. The molecule has 0 aliphatic carbocycles. The normalized spacial score (nSPS) is 16.7. The molecule has 1 heterocycles. The number of carbonyl (C=O) groups excluding carboxylic acids is 1. The standard InChI is InChI=1S/C14H19N3O5S2/c1-24(21,22)16-8-6-11(7-9-16)15-14(18)10-23-13-4-2-12(3-5-13)17(19)20/h2-5,11H,6-10H2,1H3,(H,15,18). The number of non-ortho nitro benzene ring substituents is 1. The fraction of sp³-hybridized carbons (Fsp3) is 0.500. The van der Waals surface area contributed by atoms with Crippen LogP contribution in [0.5, 0.6) is 0 Å². The van der Waals surface area contributed by atoms with Crippen molar-refractivity contribution in [1.82, 2.24) is 9.62 Å². The smallest absolute Gasteiger partial charge is 0.269 e. The van der Waals surface area contributed by atoms with E-state index in [2.05, 4.69) is 5.32 Å². The van der Waals surface area contributed by atoms with Crippen LogP contribution in [0.25, 0.3) is 0 Å². The predicted octanol–water partition coefficient (Wildman–Crippen LogP) is 1.23. The zero-order valence-corrected chi connectivity index (χ0v) is 14.8. The number of piperidine rings is 1. The van der Waals surface area contributed by atoms with Gasteiger partial charge >= 0.3 is 0 Å². The first-order valence-electron chi connectivity index (χ1n) is 7.37. The van der Waals surface area contributed by atoms with Gasteiger partial charge in [-0.15, -0.1) is 11.8 Å². The summed E-state index contributed by atoms with van der Waals surface area (Å²) in [4.78, 5) is 22.9. The molecule has 1 N–H and O–H groups in total. The molecule has 0 bridgehead atoms. The van der Waals surface area contributed by atoms with E-state index in [1.54, 1.807) is 12.1 Å². The number of thioether (sulfide) groups is 1. The first-order valence-corrected chi connectivity index (χ1v) is 10.2. The van der Waals surface area contributed by atoms with Crippen molar-refractivity contribution >= 4 is 33.4 Å². The number of nitrogens with one attached hydrogen (secondary N) is 1. The van der Waals surface area contributed by atoms with Gasteiger partial charge < -0.3 is 5.32 Å². The van der Waals surface area contributed by atoms with Crippen LogP contribution in [0.1, 0.15) is 12.8 Å². The lowest BCUT2D eigenvalue weighted by Crippen LogP contribution is -2.46. The summed E-state index contributed by atoms with van der Waals surface area (Å²) < 4.78 is 24.3. The summed E-state index contributed by atoms with van der Waals surface area (Å²) in [6, 6.07) is 6.01. The minimum atomic E-state index is -3.17. The Morgan fingerprint density at radius 3 is 2.42 bits per heavy atom. The maximum atomic E-state index is 12.0. The second kappa shape index (κ2) is 7.95. The number of amides is 1. The molecule has 1 aromatic carbocycles. The number of rotatable bonds is 6. The van der Waals surface area contributed by atoms with E-state index in [0.717, 1.165) is 4.90 Å². The molecular formula is C14H19N3O5S2. The minimum Gasteiger partial charge on any atom is -0.353 e. The monoisotopic (exact) mass is 373 g/mol. The minimum absolute atomic E-state index is 0.0152. The van der Waals surface area contributed by atoms with Crippen LogP contribution in [0.3, 0.4) is 0 Å². The molecule has 0 aromatic heterocycles. The van der Waals surface area contributed by atoms with E-state index in [1.165, 1.54) is 34.5 Å². The number of nitrogens with zero attached hydrogens (tertiary/aromatic N) is 2. The maximum absolute atomic E-state index is 12.0. The number of sulfonamides is 1. The lowest BCUT2D eigenvalue weighted by Gasteiger charge is -2.30. The van der Waals surface area contributed by atoms with Gasteiger partial charge in [0, 0.05) is 36.2 Å². The topological polar surface area (TPSA) is 110 Å². The molecule has 1 amide bonds. The molecule has 132 valence electrons. The van der Waals surface area contributed by atoms with Crippen molar-refractivity contribution in [2.75, 3.05) is 25.1 Å². The van der Waals surface area contributed by atoms with Crippen LogP contribution < -0.4 is 5.32 Å². The molecule has 0 spiro atoms. The summed E-state index contributed by atoms with van der Waals surface area (Å²) in [6.07, 6.45) is 2.38. The van der Waals surface area contributed by atoms with E-state index in [0.29, 0.717) is 25.9 Å². The van der Waals surface area contributed by atoms with Gasteiger partial charge in [-0.3, -0.25) is 14.9 Å². The van der Waals surface area contributed by atoms with E-state index < -0.39 is 14.9 Å². The van der Waals surface area contributed by atoms with Crippen LogP contribution in [-0.4, -0.2) is 54.7 Å². The van der Waals surface area contributed by atoms with Crippen molar-refractivity contribution in [2.45, 2.75) is 23.8 Å². The van der Waals surface area contributed by atoms with Crippen LogP contribution in [0.4, 0.5) is 5.69 Å². The van der Waals surface area contributed by atoms with Crippen molar-refractivity contribution in [3.05, 3.63) is 34.4 Å². The summed E-state index contributed by atoms with van der Waals surface area (Å²) in [5.74, 6) is 0.0838. The number of hydrogen-bond donors (Lipinski definition) is 1. The van der Waals surface area contributed by atoms with Gasteiger partial charge in [0.2, 0.25) is 15.9 Å². The molecule has 0 unspecified atom stereocenters. The lowest BCUT2D eigenvalue weighted by molar-refractivity contribution is -0.384. The van der Waals surface area contributed by atoms with Crippen LogP contribution in [0, 0.1) is 10.1 Å². The van der Waals surface area contributed by atoms with Crippen molar-refractivity contribution in [3.63, 3.8) is 0 Å². The highest BCUT2D eigenvalue weighted by atomic mass is 32.2. The van der Waals surface area contributed by atoms with Crippen molar-refractivity contribution in [3.8, 4) is 0 Å². The van der Waals surface area contributed by atoms with Gasteiger partial charge in [0.15, 0.2) is 0 Å². The van der Waals surface area contributed by atoms with Crippen molar-refractivity contribution in [2.24, 2.45) is 0 Å². The Kier molecular flexibility index (Phi) is 6.19. The van der Waals surface area contributed by atoms with Gasteiger partial charge in [-0.2, -0.15) is 0 Å². The number of carbonyl (C=O) groups is 1. The Labute approximate surface area is 144 Å². The highest BCUT2D eigenvalue weighted by Gasteiger charge is 2.25. The lowest BCUT2D eigenvalue weighted by atomic mass is 10.1. The number of nitro groups is 1. The third-order valence-corrected chi connectivity index (χ3v) is 6.02. The van der Waals surface area contributed by atoms with Crippen LogP contribution >= 0.6 is 11.8 Å². The highest BCUT2D eigenvalue weighted by molar-refractivity contribution is 8.00. The van der Waals surface area contributed by atoms with Gasteiger partial charge in [0.05, 0.1) is 16.9 Å². The highest BCUT2D eigenvalue weighted by Crippen LogP contribution is 2.21. The predicted molar refractivity (Wildman–Crippen MR) is 91.4 cm³/mol. The summed E-state index contributed by atoms with van der Waals surface area (Å²) in [7, 11) is -3.17. The summed E-state index contributed by atoms with van der Waals surface area (Å²) in [5.41, 5.74) is 0.0152. The maximum Gasteiger partial charge on any atom is 0.269 e. The molecule has 0 radical (unpaired) electrons. The van der Waals surface area contributed by atoms with E-state index in [-0.39, 0.29) is 23.4 Å². The molecule has 1 aliphatic heterocycles. The molecule has 1 fully saturated rings. The fourth-order valence-electron chi connectivity index (χ4n) is 2.41. The first-order chi connectivity index (χ1) is 11.3. The van der Waals surface area contributed by atoms with Gasteiger partial charge in [-0.05, 0) is 25.0 Å². The second-order valence-electron chi connectivity index (χ2n) is 5.54. The molecule has 1 aliphatic rings. The summed E-state index contributed by atoms with van der Waals surface area (Å²) in [5, 5.41) is 13.5. The van der Waals surface area contributed by atoms with Gasteiger partial charge in [0.25, 0.3) is 5.69 Å². The average Bonchev–Trinajstić information content (AvgIpc) is 2.53. The molecule has 10 heteroatoms. The Bertz CT molecular complexity index is 698. The zero-order valence-electron chi connectivity index (χ0n) is 13.2. The molecule has 1 saturated heterocycles. The SMILES string of the molecule is CS(=O)(=O)N1CCC(NC(=O)CSc2ccc([N+](=O)[O-])cc2)CC1. The zero-order chi connectivity index (χ0) is 17.7. The number of hydrogen-bond acceptors (Lipinski definition) is 6. The molecule has 0 atom stereocenters. The Hall–Kier alpha value is -1.65. The third kappa shape index (κ3) is 5.46. The number of nitro benzene ring substituents is 1. The van der Waals surface area contributed by atoms with Crippen molar-refractivity contribution in [1.29, 1.82) is 0 Å². The van der Waals surface area contributed by atoms with E-state index in [1.807, 2.05) is 0 Å². The first kappa shape index (κ1) is 18.7. The third-order valence-electron chi connectivity index (χ3n) is 3.71. The Morgan fingerprint density at radius 1 is 1.33 bits per heavy atom. The molecule has 1 aromatic rings. The van der Waals surface area contributed by atoms with Gasteiger partial charge in [-0.1, -0.05) is 0 Å². The van der Waals surface area contributed by atoms with Gasteiger partial charge in [-0.25, -0.2) is 12.7 Å². The van der Waals surface area contributed by atoms with Crippen LogP contribution in [0.15, 0.2) is 29.2 Å². The number of benzene rings is 1. The molecule has 8 nitrogen and oxygen atoms in total. The van der Waals surface area contributed by atoms with Gasteiger partial charge in [0.1, 0.15) is 0 Å². The second-order valence-corrected chi connectivity index (χ2v) is 8.57. The largest absolute Gasteiger partial charge is 0.353 e. The van der Waals surface area contributed by atoms with E-state index in [9.17, 15) is 23.3 Å². The van der Waals surface area contributed by atoms with E-state index in [4.69, 9.17) is 0 Å².